The molecule has 5 nitrogen and oxygen atoms in total. The maximum atomic E-state index is 12.3. The molecular formula is C15H16N4OS. The van der Waals surface area contributed by atoms with Crippen LogP contribution in [0, 0.1) is 0 Å². The molecule has 4 rings (SSSR count). The van der Waals surface area contributed by atoms with E-state index in [1.165, 1.54) is 17.8 Å². The minimum Gasteiger partial charge on any atom is -0.347 e. The van der Waals surface area contributed by atoms with Crippen molar-refractivity contribution in [3.8, 4) is 10.7 Å². The van der Waals surface area contributed by atoms with Gasteiger partial charge in [-0.25, -0.2) is 4.98 Å². The summed E-state index contributed by atoms with van der Waals surface area (Å²) in [5.74, 6) is -0.0194. The lowest BCUT2D eigenvalue weighted by Crippen LogP contribution is -2.42. The highest BCUT2D eigenvalue weighted by Crippen LogP contribution is 2.29. The number of nitrogens with zero attached hydrogens (tertiary/aromatic N) is 2. The molecule has 3 atom stereocenters. The maximum absolute atomic E-state index is 12.3. The SMILES string of the molecule is O=C(N[C@@H]1C[C@H]2CC[C@@H]1N2)c1cnc(-c2ccccn2)s1. The molecule has 4 heterocycles. The highest BCUT2D eigenvalue weighted by molar-refractivity contribution is 7.16. The number of hydrogen-bond acceptors (Lipinski definition) is 5. The van der Waals surface area contributed by atoms with Crippen molar-refractivity contribution in [1.29, 1.82) is 0 Å². The molecule has 0 aliphatic carbocycles. The van der Waals surface area contributed by atoms with Gasteiger partial charge < -0.3 is 10.6 Å². The lowest BCUT2D eigenvalue weighted by molar-refractivity contribution is 0.0935. The van der Waals surface area contributed by atoms with Gasteiger partial charge >= 0.3 is 0 Å². The largest absolute Gasteiger partial charge is 0.347 e. The van der Waals surface area contributed by atoms with Gasteiger partial charge in [0.1, 0.15) is 9.88 Å². The van der Waals surface area contributed by atoms with E-state index in [-0.39, 0.29) is 11.9 Å². The predicted molar refractivity (Wildman–Crippen MR) is 81.2 cm³/mol. The average Bonchev–Trinajstić information content (AvgIpc) is 3.24. The van der Waals surface area contributed by atoms with Gasteiger partial charge in [-0.1, -0.05) is 6.07 Å². The second kappa shape index (κ2) is 5.20. The van der Waals surface area contributed by atoms with Crippen LogP contribution in [0.4, 0.5) is 0 Å². The van der Waals surface area contributed by atoms with E-state index in [0.29, 0.717) is 17.0 Å². The molecule has 2 aromatic rings. The van der Waals surface area contributed by atoms with Crippen LogP contribution in [0.25, 0.3) is 10.7 Å². The van der Waals surface area contributed by atoms with Crippen LogP contribution in [-0.2, 0) is 0 Å². The van der Waals surface area contributed by atoms with Crippen molar-refractivity contribution in [3.63, 3.8) is 0 Å². The average molecular weight is 300 g/mol. The first-order valence-electron chi connectivity index (χ1n) is 7.24. The number of aromatic nitrogens is 2. The molecule has 2 bridgehead atoms. The molecule has 0 radical (unpaired) electrons. The number of fused-ring (bicyclic) bond motifs is 2. The fourth-order valence-electron chi connectivity index (χ4n) is 3.21. The first-order valence-corrected chi connectivity index (χ1v) is 8.05. The molecule has 0 aromatic carbocycles. The van der Waals surface area contributed by atoms with Gasteiger partial charge in [-0.05, 0) is 31.4 Å². The Morgan fingerprint density at radius 2 is 2.29 bits per heavy atom. The first kappa shape index (κ1) is 12.9. The van der Waals surface area contributed by atoms with Crippen molar-refractivity contribution in [3.05, 3.63) is 35.5 Å². The van der Waals surface area contributed by atoms with Gasteiger partial charge in [0.15, 0.2) is 0 Å². The second-order valence-electron chi connectivity index (χ2n) is 5.61. The summed E-state index contributed by atoms with van der Waals surface area (Å²) in [6, 6.07) is 6.99. The molecule has 108 valence electrons. The van der Waals surface area contributed by atoms with Crippen LogP contribution >= 0.6 is 11.3 Å². The number of rotatable bonds is 3. The third-order valence-corrected chi connectivity index (χ3v) is 5.25. The molecular weight excluding hydrogens is 284 g/mol. The standard InChI is InChI=1S/C15H16N4OS/c20-14(19-12-7-9-4-5-10(12)18-9)13-8-17-15(21-13)11-3-1-2-6-16-11/h1-3,6,8-10,12,18H,4-5,7H2,(H,19,20)/t9-,10+,12-/m1/s1. The predicted octanol–water partition coefficient (Wildman–Crippen LogP) is 1.83. The minimum absolute atomic E-state index is 0.0194. The van der Waals surface area contributed by atoms with Crippen LogP contribution in [0.2, 0.25) is 0 Å². The Kier molecular flexibility index (Phi) is 3.20. The van der Waals surface area contributed by atoms with E-state index < -0.39 is 0 Å². The Hall–Kier alpha value is -1.79. The lowest BCUT2D eigenvalue weighted by atomic mass is 9.95. The molecule has 6 heteroatoms. The third kappa shape index (κ3) is 2.45. The van der Waals surface area contributed by atoms with Crippen molar-refractivity contribution in [2.75, 3.05) is 0 Å². The number of carbonyl (C=O) groups excluding carboxylic acids is 1. The monoisotopic (exact) mass is 300 g/mol. The fourth-order valence-corrected chi connectivity index (χ4v) is 4.01. The van der Waals surface area contributed by atoms with Crippen LogP contribution in [0.1, 0.15) is 28.9 Å². The molecule has 2 fully saturated rings. The molecule has 0 unspecified atom stereocenters. The molecule has 1 amide bonds. The molecule has 2 N–H and O–H groups in total. The van der Waals surface area contributed by atoms with Gasteiger partial charge in [0.2, 0.25) is 0 Å². The van der Waals surface area contributed by atoms with E-state index >= 15 is 0 Å². The van der Waals surface area contributed by atoms with Gasteiger partial charge in [-0.3, -0.25) is 9.78 Å². The van der Waals surface area contributed by atoms with Crippen molar-refractivity contribution < 1.29 is 4.79 Å². The van der Waals surface area contributed by atoms with Gasteiger partial charge in [0, 0.05) is 24.3 Å². The molecule has 2 aliphatic rings. The summed E-state index contributed by atoms with van der Waals surface area (Å²) < 4.78 is 0. The van der Waals surface area contributed by atoms with E-state index in [9.17, 15) is 4.79 Å². The van der Waals surface area contributed by atoms with Crippen LogP contribution in [0.3, 0.4) is 0 Å². The van der Waals surface area contributed by atoms with E-state index in [1.54, 1.807) is 12.4 Å². The zero-order valence-corrected chi connectivity index (χ0v) is 12.3. The highest BCUT2D eigenvalue weighted by Gasteiger charge is 2.39. The molecule has 21 heavy (non-hydrogen) atoms. The zero-order chi connectivity index (χ0) is 14.2. The second-order valence-corrected chi connectivity index (χ2v) is 6.64. The van der Waals surface area contributed by atoms with Crippen LogP contribution in [0.5, 0.6) is 0 Å². The molecule has 2 aromatic heterocycles. The summed E-state index contributed by atoms with van der Waals surface area (Å²) in [4.78, 5) is 21.6. The van der Waals surface area contributed by atoms with E-state index in [4.69, 9.17) is 0 Å². The lowest BCUT2D eigenvalue weighted by Gasteiger charge is -2.20. The quantitative estimate of drug-likeness (QED) is 0.907. The number of hydrogen-bond donors (Lipinski definition) is 2. The number of carbonyl (C=O) groups is 1. The summed E-state index contributed by atoms with van der Waals surface area (Å²) in [7, 11) is 0. The summed E-state index contributed by atoms with van der Waals surface area (Å²) in [6.07, 6.45) is 6.82. The Bertz CT molecular complexity index is 657. The van der Waals surface area contributed by atoms with E-state index in [2.05, 4.69) is 20.6 Å². The Balaban J connectivity index is 1.47. The van der Waals surface area contributed by atoms with Crippen molar-refractivity contribution in [1.82, 2.24) is 20.6 Å². The topological polar surface area (TPSA) is 66.9 Å². The van der Waals surface area contributed by atoms with Crippen LogP contribution in [-0.4, -0.2) is 34.0 Å². The van der Waals surface area contributed by atoms with Gasteiger partial charge in [-0.2, -0.15) is 0 Å². The zero-order valence-electron chi connectivity index (χ0n) is 11.5. The molecule has 0 saturated carbocycles. The fraction of sp³-hybridized carbons (Fsp3) is 0.400. The summed E-state index contributed by atoms with van der Waals surface area (Å²) >= 11 is 1.39. The Morgan fingerprint density at radius 3 is 3.00 bits per heavy atom. The van der Waals surface area contributed by atoms with Crippen molar-refractivity contribution in [2.24, 2.45) is 0 Å². The normalized spacial score (nSPS) is 27.0. The van der Waals surface area contributed by atoms with E-state index in [1.807, 2.05) is 18.2 Å². The van der Waals surface area contributed by atoms with Gasteiger partial charge in [0.25, 0.3) is 5.91 Å². The molecule has 2 aliphatic heterocycles. The minimum atomic E-state index is -0.0194. The number of thiazole rings is 1. The molecule has 0 spiro atoms. The van der Waals surface area contributed by atoms with Crippen molar-refractivity contribution in [2.45, 2.75) is 37.4 Å². The Labute approximate surface area is 126 Å². The highest BCUT2D eigenvalue weighted by atomic mass is 32.1. The summed E-state index contributed by atoms with van der Waals surface area (Å²) in [6.45, 7) is 0. The third-order valence-electron chi connectivity index (χ3n) is 4.23. The first-order chi connectivity index (χ1) is 10.3. The van der Waals surface area contributed by atoms with Gasteiger partial charge in [0.05, 0.1) is 11.9 Å². The van der Waals surface area contributed by atoms with Crippen molar-refractivity contribution >= 4 is 17.2 Å². The van der Waals surface area contributed by atoms with Gasteiger partial charge in [-0.15, -0.1) is 11.3 Å². The smallest absolute Gasteiger partial charge is 0.263 e. The number of nitrogens with one attached hydrogen (secondary N) is 2. The Morgan fingerprint density at radius 1 is 1.33 bits per heavy atom. The van der Waals surface area contributed by atoms with E-state index in [0.717, 1.165) is 23.5 Å². The number of pyridine rings is 1. The number of amides is 1. The summed E-state index contributed by atoms with van der Waals surface area (Å²) in [5, 5.41) is 7.45. The van der Waals surface area contributed by atoms with Crippen LogP contribution < -0.4 is 10.6 Å². The molecule has 2 saturated heterocycles. The maximum Gasteiger partial charge on any atom is 0.263 e. The summed E-state index contributed by atoms with van der Waals surface area (Å²) in [5.41, 5.74) is 0.808. The van der Waals surface area contributed by atoms with Crippen LogP contribution in [0.15, 0.2) is 30.6 Å².